The third-order valence-electron chi connectivity index (χ3n) is 3.64. The molecule has 1 aromatic carbocycles. The predicted molar refractivity (Wildman–Crippen MR) is 97.4 cm³/mol. The molecule has 0 unspecified atom stereocenters. The van der Waals surface area contributed by atoms with Crippen LogP contribution in [0.3, 0.4) is 0 Å². The fraction of sp³-hybridized carbons (Fsp3) is 0.278. The summed E-state index contributed by atoms with van der Waals surface area (Å²) in [6.45, 7) is 7.37. The molecule has 0 aliphatic rings. The maximum absolute atomic E-state index is 12.4. The van der Waals surface area contributed by atoms with Crippen LogP contribution in [0.2, 0.25) is 0 Å². The number of alkyl carbamates (subject to hydrolysis) is 1. The highest BCUT2D eigenvalue weighted by molar-refractivity contribution is 7.16. The lowest BCUT2D eigenvalue weighted by atomic mass is 10.1. The maximum atomic E-state index is 12.4. The number of hydrogen-bond acceptors (Lipinski definition) is 5. The standard InChI is InChI=1S/C18H20N2O4S/c1-5-24-18(23)20-16(22)14-11(3)12(4)25-17(14)19-15(21)13-8-6-10(2)7-9-13/h6-9H,5H2,1-4H3,(H,19,21)(H,20,22,23). The molecular formula is C18H20N2O4S. The topological polar surface area (TPSA) is 84.5 Å². The van der Waals surface area contributed by atoms with Crippen molar-refractivity contribution in [3.8, 4) is 0 Å². The van der Waals surface area contributed by atoms with Crippen LogP contribution in [0.25, 0.3) is 0 Å². The summed E-state index contributed by atoms with van der Waals surface area (Å²) < 4.78 is 4.73. The minimum Gasteiger partial charge on any atom is -0.450 e. The van der Waals surface area contributed by atoms with Gasteiger partial charge in [0, 0.05) is 10.4 Å². The number of anilines is 1. The van der Waals surface area contributed by atoms with Crippen molar-refractivity contribution >= 4 is 34.2 Å². The van der Waals surface area contributed by atoms with Crippen molar-refractivity contribution in [2.24, 2.45) is 0 Å². The van der Waals surface area contributed by atoms with Gasteiger partial charge in [0.2, 0.25) is 0 Å². The fourth-order valence-corrected chi connectivity index (χ4v) is 3.24. The van der Waals surface area contributed by atoms with Crippen molar-refractivity contribution in [1.29, 1.82) is 0 Å². The zero-order valence-corrected chi connectivity index (χ0v) is 15.4. The number of nitrogens with one attached hydrogen (secondary N) is 2. The van der Waals surface area contributed by atoms with E-state index in [1.54, 1.807) is 26.0 Å². The van der Waals surface area contributed by atoms with Gasteiger partial charge in [-0.1, -0.05) is 17.7 Å². The van der Waals surface area contributed by atoms with Gasteiger partial charge in [0.05, 0.1) is 12.2 Å². The number of carbonyl (C=O) groups excluding carboxylic acids is 3. The molecule has 1 aromatic heterocycles. The molecule has 0 bridgehead atoms. The molecule has 6 nitrogen and oxygen atoms in total. The van der Waals surface area contributed by atoms with E-state index >= 15 is 0 Å². The van der Waals surface area contributed by atoms with E-state index in [-0.39, 0.29) is 18.1 Å². The first-order valence-corrected chi connectivity index (χ1v) is 8.61. The highest BCUT2D eigenvalue weighted by atomic mass is 32.1. The molecular weight excluding hydrogens is 340 g/mol. The molecule has 0 fully saturated rings. The van der Waals surface area contributed by atoms with E-state index in [1.165, 1.54) is 11.3 Å². The van der Waals surface area contributed by atoms with Gasteiger partial charge < -0.3 is 10.1 Å². The lowest BCUT2D eigenvalue weighted by Gasteiger charge is -2.08. The summed E-state index contributed by atoms with van der Waals surface area (Å²) in [6.07, 6.45) is -0.813. The van der Waals surface area contributed by atoms with Gasteiger partial charge >= 0.3 is 6.09 Å². The molecule has 0 aliphatic heterocycles. The second-order valence-electron chi connectivity index (χ2n) is 5.48. The second kappa shape index (κ2) is 7.94. The Hall–Kier alpha value is -2.67. The first-order chi connectivity index (χ1) is 11.8. The number of carbonyl (C=O) groups is 3. The largest absolute Gasteiger partial charge is 0.450 e. The molecule has 2 rings (SSSR count). The Balaban J connectivity index is 2.25. The molecule has 132 valence electrons. The average molecular weight is 360 g/mol. The van der Waals surface area contributed by atoms with Gasteiger partial charge in [-0.05, 0) is 45.4 Å². The Morgan fingerprint density at radius 3 is 2.28 bits per heavy atom. The predicted octanol–water partition coefficient (Wildman–Crippen LogP) is 3.81. The van der Waals surface area contributed by atoms with Crippen LogP contribution in [0.1, 0.15) is 43.6 Å². The molecule has 0 radical (unpaired) electrons. The van der Waals surface area contributed by atoms with Crippen molar-refractivity contribution in [3.05, 3.63) is 51.4 Å². The van der Waals surface area contributed by atoms with Crippen LogP contribution in [-0.2, 0) is 4.74 Å². The van der Waals surface area contributed by atoms with Gasteiger partial charge in [-0.15, -0.1) is 11.3 Å². The van der Waals surface area contributed by atoms with Crippen molar-refractivity contribution in [1.82, 2.24) is 5.32 Å². The summed E-state index contributed by atoms with van der Waals surface area (Å²) in [6, 6.07) is 7.12. The van der Waals surface area contributed by atoms with E-state index in [1.807, 2.05) is 26.0 Å². The zero-order valence-electron chi connectivity index (χ0n) is 14.6. The molecule has 2 aromatic rings. The van der Waals surface area contributed by atoms with Gasteiger partial charge in [-0.25, -0.2) is 4.79 Å². The lowest BCUT2D eigenvalue weighted by molar-refractivity contribution is 0.0925. The molecule has 0 saturated carbocycles. The van der Waals surface area contributed by atoms with Crippen LogP contribution in [0.15, 0.2) is 24.3 Å². The van der Waals surface area contributed by atoms with Gasteiger partial charge in [0.1, 0.15) is 5.00 Å². The van der Waals surface area contributed by atoms with E-state index < -0.39 is 12.0 Å². The molecule has 0 spiro atoms. The number of hydrogen-bond donors (Lipinski definition) is 2. The van der Waals surface area contributed by atoms with Crippen LogP contribution < -0.4 is 10.6 Å². The summed E-state index contributed by atoms with van der Waals surface area (Å²) >= 11 is 1.29. The van der Waals surface area contributed by atoms with Crippen LogP contribution in [0.4, 0.5) is 9.80 Å². The van der Waals surface area contributed by atoms with E-state index in [9.17, 15) is 14.4 Å². The summed E-state index contributed by atoms with van der Waals surface area (Å²) in [5.74, 6) is -0.911. The minimum absolute atomic E-state index is 0.164. The third kappa shape index (κ3) is 4.45. The molecule has 0 aliphatic carbocycles. The Bertz CT molecular complexity index is 809. The smallest absolute Gasteiger partial charge is 0.414 e. The Kier molecular flexibility index (Phi) is 5.93. The van der Waals surface area contributed by atoms with Gasteiger partial charge in [0.25, 0.3) is 11.8 Å². The Labute approximate surface area is 150 Å². The molecule has 7 heteroatoms. The van der Waals surface area contributed by atoms with Gasteiger partial charge in [-0.3, -0.25) is 14.9 Å². The minimum atomic E-state index is -0.813. The molecule has 2 N–H and O–H groups in total. The second-order valence-corrected chi connectivity index (χ2v) is 6.71. The number of aryl methyl sites for hydroxylation is 2. The molecule has 0 saturated heterocycles. The number of ether oxygens (including phenoxy) is 1. The summed E-state index contributed by atoms with van der Waals surface area (Å²) in [5.41, 5.74) is 2.53. The number of rotatable bonds is 4. The van der Waals surface area contributed by atoms with E-state index in [0.717, 1.165) is 10.4 Å². The zero-order chi connectivity index (χ0) is 18.6. The van der Waals surface area contributed by atoms with Gasteiger partial charge in [-0.2, -0.15) is 0 Å². The summed E-state index contributed by atoms with van der Waals surface area (Å²) in [4.78, 5) is 37.2. The molecule has 3 amide bonds. The number of amides is 3. The van der Waals surface area contributed by atoms with Crippen LogP contribution >= 0.6 is 11.3 Å². The Morgan fingerprint density at radius 1 is 1.04 bits per heavy atom. The van der Waals surface area contributed by atoms with Crippen LogP contribution in [0, 0.1) is 20.8 Å². The first-order valence-electron chi connectivity index (χ1n) is 7.79. The van der Waals surface area contributed by atoms with Crippen molar-refractivity contribution in [2.75, 3.05) is 11.9 Å². The normalized spacial score (nSPS) is 10.2. The molecule has 1 heterocycles. The van der Waals surface area contributed by atoms with Crippen LogP contribution in [-0.4, -0.2) is 24.5 Å². The summed E-state index contributed by atoms with van der Waals surface area (Å²) in [5, 5.41) is 5.33. The number of imide groups is 1. The van der Waals surface area contributed by atoms with Gasteiger partial charge in [0.15, 0.2) is 0 Å². The van der Waals surface area contributed by atoms with Crippen molar-refractivity contribution < 1.29 is 19.1 Å². The van der Waals surface area contributed by atoms with E-state index in [4.69, 9.17) is 4.74 Å². The molecule has 25 heavy (non-hydrogen) atoms. The number of benzene rings is 1. The average Bonchev–Trinajstić information content (AvgIpc) is 2.82. The lowest BCUT2D eigenvalue weighted by Crippen LogP contribution is -2.31. The van der Waals surface area contributed by atoms with E-state index in [2.05, 4.69) is 10.6 Å². The SMILES string of the molecule is CCOC(=O)NC(=O)c1c(NC(=O)c2ccc(C)cc2)sc(C)c1C. The fourth-order valence-electron chi connectivity index (χ4n) is 2.19. The maximum Gasteiger partial charge on any atom is 0.414 e. The van der Waals surface area contributed by atoms with Crippen molar-refractivity contribution in [3.63, 3.8) is 0 Å². The highest BCUT2D eigenvalue weighted by Crippen LogP contribution is 2.32. The Morgan fingerprint density at radius 2 is 1.68 bits per heavy atom. The monoisotopic (exact) mass is 360 g/mol. The summed E-state index contributed by atoms with van der Waals surface area (Å²) in [7, 11) is 0. The quantitative estimate of drug-likeness (QED) is 0.868. The third-order valence-corrected chi connectivity index (χ3v) is 4.77. The first kappa shape index (κ1) is 18.7. The van der Waals surface area contributed by atoms with E-state index in [0.29, 0.717) is 16.1 Å². The molecule has 0 atom stereocenters. The highest BCUT2D eigenvalue weighted by Gasteiger charge is 2.23. The number of thiophene rings is 1. The van der Waals surface area contributed by atoms with Crippen LogP contribution in [0.5, 0.6) is 0 Å². The van der Waals surface area contributed by atoms with Crippen molar-refractivity contribution in [2.45, 2.75) is 27.7 Å².